The van der Waals surface area contributed by atoms with Gasteiger partial charge in [0, 0.05) is 42.3 Å². The van der Waals surface area contributed by atoms with Gasteiger partial charge in [0.1, 0.15) is 11.6 Å². The number of rotatable bonds is 6. The quantitative estimate of drug-likeness (QED) is 0.167. The van der Waals surface area contributed by atoms with Crippen molar-refractivity contribution in [2.45, 2.75) is 107 Å². The molecular weight excluding hydrogens is 833 g/mol. The zero-order chi connectivity index (χ0) is 44.2. The van der Waals surface area contributed by atoms with E-state index in [0.29, 0.717) is 0 Å². The Morgan fingerprint density at radius 2 is 0.940 bits per heavy atom. The molecule has 67 heavy (non-hydrogen) atoms. The highest BCUT2D eigenvalue weighted by Crippen LogP contribution is 2.64. The number of benzene rings is 6. The molecule has 0 N–H and O–H groups in total. The molecule has 5 heteroatoms. The van der Waals surface area contributed by atoms with Gasteiger partial charge in [-0.15, -0.1) is 11.3 Å². The fourth-order valence-corrected chi connectivity index (χ4v) is 18.4. The number of aryl methyl sites for hydroxylation is 2. The van der Waals surface area contributed by atoms with Crippen molar-refractivity contribution in [2.75, 3.05) is 4.90 Å². The van der Waals surface area contributed by atoms with Crippen LogP contribution >= 0.6 is 11.3 Å². The Labute approximate surface area is 398 Å². The highest BCUT2D eigenvalue weighted by atomic mass is 32.1. The van der Waals surface area contributed by atoms with E-state index in [4.69, 9.17) is 15.0 Å². The van der Waals surface area contributed by atoms with Gasteiger partial charge in [0.05, 0.1) is 16.8 Å². The molecule has 4 nitrogen and oxygen atoms in total. The first-order valence-electron chi connectivity index (χ1n) is 25.7. The van der Waals surface area contributed by atoms with E-state index in [-0.39, 0.29) is 10.8 Å². The van der Waals surface area contributed by atoms with Crippen LogP contribution in [-0.4, -0.2) is 15.0 Å². The lowest BCUT2D eigenvalue weighted by molar-refractivity contribution is -0.0155. The lowest BCUT2D eigenvalue weighted by atomic mass is 9.49. The third-order valence-electron chi connectivity index (χ3n) is 18.8. The maximum atomic E-state index is 5.80. The number of anilines is 3. The predicted octanol–water partition coefficient (Wildman–Crippen LogP) is 15.6. The van der Waals surface area contributed by atoms with Crippen LogP contribution in [0, 0.1) is 49.4 Å². The molecule has 0 saturated heterocycles. The van der Waals surface area contributed by atoms with Crippen LogP contribution in [0.15, 0.2) is 133 Å². The molecule has 6 aromatic carbocycles. The minimum Gasteiger partial charge on any atom is -0.310 e. The number of nitrogens with zero attached hydrogens (tertiary/aromatic N) is 4. The zero-order valence-corrected chi connectivity index (χ0v) is 39.7. The standard InChI is InChI=1S/C62H58N4S/c1-37-23-46(24-38(2)55(37)57-63-58(60-31-39-25-40(32-60)27-41(26-39)33-60)65-59(64-57)61-34-42-28-43(35-61)30-44(29-42)36-61)66-52-20-9-7-17-49(52)62(45-13-4-3-5-14-45,50-18-8-10-21-53(50)66)51-19-12-16-48-47-15-6-11-22-54(47)67-56(48)51/h3-24,39-44H,25-36H2,1-2H3. The van der Waals surface area contributed by atoms with Gasteiger partial charge in [-0.2, -0.15) is 0 Å². The van der Waals surface area contributed by atoms with Crippen LogP contribution in [-0.2, 0) is 16.2 Å². The van der Waals surface area contributed by atoms with Gasteiger partial charge in [-0.25, -0.2) is 15.0 Å². The second-order valence-corrected chi connectivity index (χ2v) is 24.0. The van der Waals surface area contributed by atoms with Gasteiger partial charge < -0.3 is 4.90 Å². The molecule has 8 bridgehead atoms. The summed E-state index contributed by atoms with van der Waals surface area (Å²) in [6.45, 7) is 4.64. The van der Waals surface area contributed by atoms with E-state index in [2.05, 4.69) is 152 Å². The van der Waals surface area contributed by atoms with E-state index >= 15 is 0 Å². The van der Waals surface area contributed by atoms with Crippen LogP contribution in [0.2, 0.25) is 0 Å². The van der Waals surface area contributed by atoms with Crippen molar-refractivity contribution >= 4 is 48.6 Å². The first-order valence-corrected chi connectivity index (χ1v) is 26.5. The van der Waals surface area contributed by atoms with E-state index < -0.39 is 5.41 Å². The SMILES string of the molecule is Cc1cc(N2c3ccccc3C(c3ccccc3)(c3cccc4c3sc3ccccc34)c3ccccc32)cc(C)c1-c1nc(C23CC4CC(CC(C4)C2)C3)nc(C23CC4CC(CC(C4)C2)C3)n1. The summed E-state index contributed by atoms with van der Waals surface area (Å²) in [6, 6.07) is 50.6. The summed E-state index contributed by atoms with van der Waals surface area (Å²) in [6.07, 6.45) is 16.2. The topological polar surface area (TPSA) is 41.9 Å². The van der Waals surface area contributed by atoms with Crippen molar-refractivity contribution in [3.8, 4) is 11.4 Å². The van der Waals surface area contributed by atoms with Crippen molar-refractivity contribution in [1.82, 2.24) is 15.0 Å². The highest BCUT2D eigenvalue weighted by Gasteiger charge is 2.56. The predicted molar refractivity (Wildman–Crippen MR) is 274 cm³/mol. The molecule has 8 aliphatic carbocycles. The van der Waals surface area contributed by atoms with Crippen molar-refractivity contribution in [2.24, 2.45) is 35.5 Å². The highest BCUT2D eigenvalue weighted by molar-refractivity contribution is 7.26. The number of thiophene rings is 1. The van der Waals surface area contributed by atoms with Crippen LogP contribution < -0.4 is 4.90 Å². The first kappa shape index (κ1) is 39.4. The van der Waals surface area contributed by atoms with Crippen LogP contribution in [0.4, 0.5) is 17.1 Å². The van der Waals surface area contributed by atoms with E-state index in [1.165, 1.54) is 153 Å². The molecule has 8 saturated carbocycles. The Bertz CT molecular complexity index is 3120. The minimum atomic E-state index is -0.568. The van der Waals surface area contributed by atoms with Gasteiger partial charge in [-0.3, -0.25) is 0 Å². The molecule has 0 amide bonds. The Morgan fingerprint density at radius 3 is 1.49 bits per heavy atom. The molecule has 8 fully saturated rings. The van der Waals surface area contributed by atoms with Crippen molar-refractivity contribution < 1.29 is 0 Å². The minimum absolute atomic E-state index is 0.109. The van der Waals surface area contributed by atoms with Crippen molar-refractivity contribution in [1.29, 1.82) is 0 Å². The maximum absolute atomic E-state index is 5.80. The van der Waals surface area contributed by atoms with Gasteiger partial charge in [0.15, 0.2) is 5.82 Å². The summed E-state index contributed by atoms with van der Waals surface area (Å²) in [7, 11) is 0. The van der Waals surface area contributed by atoms with Crippen LogP contribution in [0.25, 0.3) is 31.6 Å². The van der Waals surface area contributed by atoms with Gasteiger partial charge in [-0.05, 0) is 190 Å². The molecule has 9 aliphatic rings. The normalized spacial score (nSPS) is 29.4. The molecule has 0 unspecified atom stereocenters. The van der Waals surface area contributed by atoms with Crippen LogP contribution in [0.3, 0.4) is 0 Å². The van der Waals surface area contributed by atoms with Gasteiger partial charge in [0.25, 0.3) is 0 Å². The third kappa shape index (κ3) is 5.61. The van der Waals surface area contributed by atoms with E-state index in [1.807, 2.05) is 11.3 Å². The van der Waals surface area contributed by atoms with E-state index in [9.17, 15) is 0 Å². The number of aromatic nitrogens is 3. The summed E-state index contributed by atoms with van der Waals surface area (Å²) in [5, 5.41) is 2.65. The summed E-state index contributed by atoms with van der Waals surface area (Å²) in [4.78, 5) is 19.9. The number of fused-ring (bicyclic) bond motifs is 5. The third-order valence-corrected chi connectivity index (χ3v) is 20.0. The van der Waals surface area contributed by atoms with Gasteiger partial charge in [0.2, 0.25) is 0 Å². The monoisotopic (exact) mass is 890 g/mol. The molecule has 1 aliphatic heterocycles. The molecule has 0 spiro atoms. The average Bonchev–Trinajstić information content (AvgIpc) is 3.72. The average molecular weight is 891 g/mol. The molecule has 0 atom stereocenters. The Balaban J connectivity index is 0.915. The van der Waals surface area contributed by atoms with Crippen LogP contribution in [0.1, 0.15) is 122 Å². The smallest absolute Gasteiger partial charge is 0.163 e. The fraction of sp³-hybridized carbons (Fsp3) is 0.371. The molecule has 17 rings (SSSR count). The first-order chi connectivity index (χ1) is 32.8. The summed E-state index contributed by atoms with van der Waals surface area (Å²) in [5.41, 5.74) is 12.1. The van der Waals surface area contributed by atoms with Crippen molar-refractivity contribution in [3.63, 3.8) is 0 Å². The molecule has 0 radical (unpaired) electrons. The summed E-state index contributed by atoms with van der Waals surface area (Å²) >= 11 is 1.93. The molecule has 332 valence electrons. The molecule has 2 aromatic heterocycles. The second-order valence-electron chi connectivity index (χ2n) is 22.9. The molecular formula is C62H58N4S. The lowest BCUT2D eigenvalue weighted by Gasteiger charge is -2.57. The number of hydrogen-bond acceptors (Lipinski definition) is 5. The lowest BCUT2D eigenvalue weighted by Crippen LogP contribution is -2.51. The zero-order valence-electron chi connectivity index (χ0n) is 38.8. The Morgan fingerprint density at radius 1 is 0.478 bits per heavy atom. The van der Waals surface area contributed by atoms with E-state index in [0.717, 1.165) is 53.0 Å². The Kier molecular flexibility index (Phi) is 8.34. The number of para-hydroxylation sites is 2. The Hall–Kier alpha value is -5.65. The van der Waals surface area contributed by atoms with E-state index in [1.54, 1.807) is 0 Å². The second kappa shape index (κ2) is 14.2. The summed E-state index contributed by atoms with van der Waals surface area (Å²) < 4.78 is 2.67. The molecule has 3 heterocycles. The van der Waals surface area contributed by atoms with Gasteiger partial charge in [-0.1, -0.05) is 103 Å². The van der Waals surface area contributed by atoms with Crippen molar-refractivity contribution in [3.05, 3.63) is 178 Å². The fourth-order valence-electron chi connectivity index (χ4n) is 17.2. The van der Waals surface area contributed by atoms with Crippen LogP contribution in [0.5, 0.6) is 0 Å². The number of hydrogen-bond donors (Lipinski definition) is 0. The largest absolute Gasteiger partial charge is 0.310 e. The summed E-state index contributed by atoms with van der Waals surface area (Å²) in [5.74, 6) is 8.29. The molecule has 8 aromatic rings. The maximum Gasteiger partial charge on any atom is 0.163 e. The van der Waals surface area contributed by atoms with Gasteiger partial charge >= 0.3 is 0 Å².